The SMILES string of the molecule is CCCOc1cccc(CS(=O)O)c1. The lowest BCUT2D eigenvalue weighted by Crippen LogP contribution is -1.97. The van der Waals surface area contributed by atoms with Crippen LogP contribution in [0.5, 0.6) is 5.75 Å². The van der Waals surface area contributed by atoms with E-state index in [1.54, 1.807) is 6.07 Å². The van der Waals surface area contributed by atoms with E-state index in [4.69, 9.17) is 9.29 Å². The molecule has 0 bridgehead atoms. The number of rotatable bonds is 5. The van der Waals surface area contributed by atoms with Gasteiger partial charge in [-0.15, -0.1) is 0 Å². The Morgan fingerprint density at radius 1 is 1.50 bits per heavy atom. The molecular formula is C10H14O3S. The molecule has 0 amide bonds. The molecule has 0 aromatic heterocycles. The van der Waals surface area contributed by atoms with Gasteiger partial charge in [0, 0.05) is 0 Å². The molecule has 0 fully saturated rings. The fourth-order valence-corrected chi connectivity index (χ4v) is 1.55. The number of benzene rings is 1. The van der Waals surface area contributed by atoms with Crippen molar-refractivity contribution in [2.75, 3.05) is 6.61 Å². The van der Waals surface area contributed by atoms with Gasteiger partial charge >= 0.3 is 0 Å². The van der Waals surface area contributed by atoms with Crippen molar-refractivity contribution in [2.45, 2.75) is 19.1 Å². The Kier molecular flexibility index (Phi) is 4.62. The second kappa shape index (κ2) is 5.78. The first kappa shape index (κ1) is 11.2. The van der Waals surface area contributed by atoms with Gasteiger partial charge in [-0.25, -0.2) is 4.21 Å². The molecule has 14 heavy (non-hydrogen) atoms. The van der Waals surface area contributed by atoms with Gasteiger partial charge in [0.1, 0.15) is 5.75 Å². The van der Waals surface area contributed by atoms with Crippen molar-refractivity contribution in [3.05, 3.63) is 29.8 Å². The van der Waals surface area contributed by atoms with E-state index in [2.05, 4.69) is 0 Å². The van der Waals surface area contributed by atoms with Crippen LogP contribution in [0.15, 0.2) is 24.3 Å². The highest BCUT2D eigenvalue weighted by Gasteiger charge is 1.99. The van der Waals surface area contributed by atoms with Crippen molar-refractivity contribution in [3.8, 4) is 5.75 Å². The molecule has 1 N–H and O–H groups in total. The van der Waals surface area contributed by atoms with E-state index in [0.717, 1.165) is 17.7 Å². The molecule has 1 aromatic rings. The van der Waals surface area contributed by atoms with Gasteiger partial charge in [0.25, 0.3) is 0 Å². The van der Waals surface area contributed by atoms with Gasteiger partial charge in [0.2, 0.25) is 0 Å². The number of ether oxygens (including phenoxy) is 1. The summed E-state index contributed by atoms with van der Waals surface area (Å²) in [7, 11) is 0. The Labute approximate surface area is 86.4 Å². The maximum Gasteiger partial charge on any atom is 0.157 e. The third kappa shape index (κ3) is 3.89. The van der Waals surface area contributed by atoms with Crippen LogP contribution in [0, 0.1) is 0 Å². The molecule has 3 nitrogen and oxygen atoms in total. The van der Waals surface area contributed by atoms with Crippen LogP contribution >= 0.6 is 0 Å². The lowest BCUT2D eigenvalue weighted by Gasteiger charge is -2.05. The summed E-state index contributed by atoms with van der Waals surface area (Å²) in [5.41, 5.74) is 0.819. The van der Waals surface area contributed by atoms with E-state index in [-0.39, 0.29) is 5.75 Å². The fraction of sp³-hybridized carbons (Fsp3) is 0.400. The molecule has 0 aliphatic carbocycles. The molecule has 0 heterocycles. The zero-order valence-corrected chi connectivity index (χ0v) is 8.92. The second-order valence-corrected chi connectivity index (χ2v) is 3.89. The first-order valence-electron chi connectivity index (χ1n) is 4.51. The van der Waals surface area contributed by atoms with E-state index in [1.165, 1.54) is 0 Å². The summed E-state index contributed by atoms with van der Waals surface area (Å²) >= 11 is -1.79. The molecular weight excluding hydrogens is 200 g/mol. The first-order chi connectivity index (χ1) is 6.72. The van der Waals surface area contributed by atoms with E-state index in [9.17, 15) is 4.21 Å². The summed E-state index contributed by atoms with van der Waals surface area (Å²) < 4.78 is 24.7. The van der Waals surface area contributed by atoms with Crippen LogP contribution in [0.2, 0.25) is 0 Å². The van der Waals surface area contributed by atoms with Gasteiger partial charge in [-0.1, -0.05) is 19.1 Å². The normalized spacial score (nSPS) is 12.4. The Hall–Kier alpha value is -0.870. The quantitative estimate of drug-likeness (QED) is 0.764. The predicted molar refractivity (Wildman–Crippen MR) is 56.7 cm³/mol. The number of hydrogen-bond acceptors (Lipinski definition) is 2. The molecule has 0 spiro atoms. The summed E-state index contributed by atoms with van der Waals surface area (Å²) in [6, 6.07) is 7.28. The molecule has 4 heteroatoms. The van der Waals surface area contributed by atoms with Gasteiger partial charge in [0.15, 0.2) is 11.1 Å². The van der Waals surface area contributed by atoms with E-state index < -0.39 is 11.1 Å². The van der Waals surface area contributed by atoms with Crippen molar-refractivity contribution >= 4 is 11.1 Å². The first-order valence-corrected chi connectivity index (χ1v) is 5.79. The van der Waals surface area contributed by atoms with E-state index in [0.29, 0.717) is 6.61 Å². The minimum atomic E-state index is -1.79. The second-order valence-electron chi connectivity index (χ2n) is 2.96. The third-order valence-electron chi connectivity index (χ3n) is 1.66. The Balaban J connectivity index is 2.63. The van der Waals surface area contributed by atoms with Gasteiger partial charge < -0.3 is 9.29 Å². The van der Waals surface area contributed by atoms with Crippen LogP contribution < -0.4 is 4.74 Å². The van der Waals surface area contributed by atoms with E-state index >= 15 is 0 Å². The highest BCUT2D eigenvalue weighted by Crippen LogP contribution is 2.14. The van der Waals surface area contributed by atoms with E-state index in [1.807, 2.05) is 25.1 Å². The zero-order valence-electron chi connectivity index (χ0n) is 8.10. The minimum absolute atomic E-state index is 0.156. The molecule has 0 saturated carbocycles. The smallest absolute Gasteiger partial charge is 0.157 e. The van der Waals surface area contributed by atoms with Crippen molar-refractivity contribution in [1.29, 1.82) is 0 Å². The van der Waals surface area contributed by atoms with Crippen LogP contribution in [0.1, 0.15) is 18.9 Å². The summed E-state index contributed by atoms with van der Waals surface area (Å²) in [4.78, 5) is 0. The molecule has 1 unspecified atom stereocenters. The van der Waals surface area contributed by atoms with Crippen LogP contribution in [0.25, 0.3) is 0 Å². The fourth-order valence-electron chi connectivity index (χ4n) is 1.09. The third-order valence-corrected chi connectivity index (χ3v) is 2.24. The summed E-state index contributed by atoms with van der Waals surface area (Å²) in [6.07, 6.45) is 0.955. The van der Waals surface area contributed by atoms with Gasteiger partial charge in [0.05, 0.1) is 12.4 Å². The minimum Gasteiger partial charge on any atom is -0.494 e. The average molecular weight is 214 g/mol. The number of hydrogen-bond donors (Lipinski definition) is 1. The lowest BCUT2D eigenvalue weighted by atomic mass is 10.2. The monoisotopic (exact) mass is 214 g/mol. The average Bonchev–Trinajstić information content (AvgIpc) is 2.14. The van der Waals surface area contributed by atoms with Gasteiger partial charge in [-0.3, -0.25) is 0 Å². The summed E-state index contributed by atoms with van der Waals surface area (Å²) in [5, 5.41) is 0. The molecule has 78 valence electrons. The summed E-state index contributed by atoms with van der Waals surface area (Å²) in [6.45, 7) is 2.71. The molecule has 0 aliphatic rings. The van der Waals surface area contributed by atoms with Gasteiger partial charge in [-0.2, -0.15) is 0 Å². The topological polar surface area (TPSA) is 46.5 Å². The Morgan fingerprint density at radius 3 is 2.93 bits per heavy atom. The highest BCUT2D eigenvalue weighted by atomic mass is 32.2. The molecule has 1 rings (SSSR count). The summed E-state index contributed by atoms with van der Waals surface area (Å²) in [5.74, 6) is 0.915. The molecule has 0 aliphatic heterocycles. The molecule has 0 radical (unpaired) electrons. The van der Waals surface area contributed by atoms with Crippen LogP contribution in [0.3, 0.4) is 0 Å². The van der Waals surface area contributed by atoms with Gasteiger partial charge in [-0.05, 0) is 24.1 Å². The van der Waals surface area contributed by atoms with Crippen LogP contribution in [-0.4, -0.2) is 15.4 Å². The predicted octanol–water partition coefficient (Wildman–Crippen LogP) is 2.20. The van der Waals surface area contributed by atoms with Crippen LogP contribution in [0.4, 0.5) is 0 Å². The van der Waals surface area contributed by atoms with Crippen LogP contribution in [-0.2, 0) is 16.8 Å². The Morgan fingerprint density at radius 2 is 2.29 bits per heavy atom. The van der Waals surface area contributed by atoms with Crippen molar-refractivity contribution in [2.24, 2.45) is 0 Å². The highest BCUT2D eigenvalue weighted by molar-refractivity contribution is 7.78. The standard InChI is InChI=1S/C10H14O3S/c1-2-6-13-10-5-3-4-9(7-10)8-14(11)12/h3-5,7H,2,6,8H2,1H3,(H,11,12). The Bertz CT molecular complexity index is 312. The molecule has 1 atom stereocenters. The van der Waals surface area contributed by atoms with Crippen molar-refractivity contribution in [1.82, 2.24) is 0 Å². The maximum atomic E-state index is 10.6. The molecule has 0 saturated heterocycles. The van der Waals surface area contributed by atoms with Crippen molar-refractivity contribution < 1.29 is 13.5 Å². The zero-order chi connectivity index (χ0) is 10.4. The molecule has 1 aromatic carbocycles. The largest absolute Gasteiger partial charge is 0.494 e. The maximum absolute atomic E-state index is 10.6. The lowest BCUT2D eigenvalue weighted by molar-refractivity contribution is 0.317. The van der Waals surface area contributed by atoms with Crippen molar-refractivity contribution in [3.63, 3.8) is 0 Å².